The van der Waals surface area contributed by atoms with E-state index in [9.17, 15) is 4.79 Å². The van der Waals surface area contributed by atoms with Crippen molar-refractivity contribution in [2.75, 3.05) is 19.7 Å². The number of carbonyl (C=O) groups excluding carboxylic acids is 1. The Labute approximate surface area is 119 Å². The summed E-state index contributed by atoms with van der Waals surface area (Å²) in [5, 5.41) is 11.7. The fraction of sp³-hybridized carbons (Fsp3) is 0.438. The summed E-state index contributed by atoms with van der Waals surface area (Å²) in [5.41, 5.74) is 2.10. The second-order valence-electron chi connectivity index (χ2n) is 4.87. The number of aliphatic hydroxyl groups is 1. The molecule has 1 aliphatic heterocycles. The van der Waals surface area contributed by atoms with E-state index in [2.05, 4.69) is 22.1 Å². The molecule has 0 aliphatic carbocycles. The molecule has 0 aromatic heterocycles. The Bertz CT molecular complexity index is 531. The number of hydrogen-bond donors (Lipinski definition) is 2. The van der Waals surface area contributed by atoms with E-state index in [1.807, 2.05) is 31.2 Å². The zero-order valence-electron chi connectivity index (χ0n) is 11.7. The molecule has 1 fully saturated rings. The predicted molar refractivity (Wildman–Crippen MR) is 77.9 cm³/mol. The van der Waals surface area contributed by atoms with Gasteiger partial charge in [-0.15, -0.1) is 0 Å². The first kappa shape index (κ1) is 14.6. The van der Waals surface area contributed by atoms with Crippen LogP contribution in [0.25, 0.3) is 0 Å². The minimum absolute atomic E-state index is 0.0818. The SMILES string of the molecule is CC1C(=O)NCCN1Cc1ccccc1C#CCCO. The van der Waals surface area contributed by atoms with Crippen LogP contribution in [-0.2, 0) is 11.3 Å². The number of aliphatic hydroxyl groups excluding tert-OH is 1. The van der Waals surface area contributed by atoms with Crippen molar-refractivity contribution in [1.29, 1.82) is 0 Å². The maximum Gasteiger partial charge on any atom is 0.237 e. The monoisotopic (exact) mass is 272 g/mol. The zero-order chi connectivity index (χ0) is 14.4. The van der Waals surface area contributed by atoms with Gasteiger partial charge in [-0.05, 0) is 18.6 Å². The van der Waals surface area contributed by atoms with Gasteiger partial charge in [-0.3, -0.25) is 9.69 Å². The Balaban J connectivity index is 2.13. The molecular weight excluding hydrogens is 252 g/mol. The number of nitrogens with zero attached hydrogens (tertiary/aromatic N) is 1. The van der Waals surface area contributed by atoms with Crippen LogP contribution in [0.15, 0.2) is 24.3 Å². The van der Waals surface area contributed by atoms with Crippen molar-refractivity contribution in [3.05, 3.63) is 35.4 Å². The van der Waals surface area contributed by atoms with Gasteiger partial charge >= 0.3 is 0 Å². The van der Waals surface area contributed by atoms with E-state index in [4.69, 9.17) is 5.11 Å². The van der Waals surface area contributed by atoms with E-state index < -0.39 is 0 Å². The van der Waals surface area contributed by atoms with Gasteiger partial charge in [-0.2, -0.15) is 0 Å². The third-order valence-corrected chi connectivity index (χ3v) is 3.48. The van der Waals surface area contributed by atoms with Gasteiger partial charge in [-0.1, -0.05) is 30.0 Å². The predicted octanol–water partition coefficient (Wildman–Crippen LogP) is 0.741. The molecule has 1 amide bonds. The normalized spacial score (nSPS) is 19.1. The molecule has 0 radical (unpaired) electrons. The lowest BCUT2D eigenvalue weighted by Gasteiger charge is -2.32. The largest absolute Gasteiger partial charge is 0.395 e. The minimum atomic E-state index is -0.109. The van der Waals surface area contributed by atoms with E-state index in [1.54, 1.807) is 0 Å². The van der Waals surface area contributed by atoms with E-state index in [0.717, 1.165) is 24.2 Å². The second-order valence-corrected chi connectivity index (χ2v) is 4.87. The van der Waals surface area contributed by atoms with Gasteiger partial charge in [0.2, 0.25) is 5.91 Å². The maximum atomic E-state index is 11.7. The molecule has 1 atom stereocenters. The summed E-state index contributed by atoms with van der Waals surface area (Å²) < 4.78 is 0. The molecule has 0 bridgehead atoms. The highest BCUT2D eigenvalue weighted by atomic mass is 16.2. The highest BCUT2D eigenvalue weighted by molar-refractivity contribution is 5.82. The average molecular weight is 272 g/mol. The number of rotatable bonds is 3. The summed E-state index contributed by atoms with van der Waals surface area (Å²) >= 11 is 0. The average Bonchev–Trinajstić information content (AvgIpc) is 2.46. The molecule has 1 aromatic carbocycles. The van der Waals surface area contributed by atoms with Gasteiger partial charge in [-0.25, -0.2) is 0 Å². The molecular formula is C16H20N2O2. The van der Waals surface area contributed by atoms with Gasteiger partial charge in [0, 0.05) is 31.6 Å². The van der Waals surface area contributed by atoms with Crippen LogP contribution in [0, 0.1) is 11.8 Å². The van der Waals surface area contributed by atoms with Crippen molar-refractivity contribution >= 4 is 5.91 Å². The van der Waals surface area contributed by atoms with Crippen LogP contribution in [0.3, 0.4) is 0 Å². The van der Waals surface area contributed by atoms with Crippen LogP contribution in [0.5, 0.6) is 0 Å². The lowest BCUT2D eigenvalue weighted by atomic mass is 10.1. The van der Waals surface area contributed by atoms with Crippen LogP contribution >= 0.6 is 0 Å². The number of nitrogens with one attached hydrogen (secondary N) is 1. The molecule has 0 saturated carbocycles. The summed E-state index contributed by atoms with van der Waals surface area (Å²) in [6.07, 6.45) is 0.483. The first-order valence-corrected chi connectivity index (χ1v) is 6.92. The van der Waals surface area contributed by atoms with Crippen LogP contribution in [0.1, 0.15) is 24.5 Å². The lowest BCUT2D eigenvalue weighted by molar-refractivity contribution is -0.128. The Morgan fingerprint density at radius 1 is 1.45 bits per heavy atom. The number of piperazine rings is 1. The number of amides is 1. The Morgan fingerprint density at radius 2 is 2.25 bits per heavy atom. The zero-order valence-corrected chi connectivity index (χ0v) is 11.7. The van der Waals surface area contributed by atoms with Gasteiger partial charge in [0.15, 0.2) is 0 Å². The van der Waals surface area contributed by atoms with Gasteiger partial charge in [0.25, 0.3) is 0 Å². The third kappa shape index (κ3) is 3.60. The highest BCUT2D eigenvalue weighted by Crippen LogP contribution is 2.14. The van der Waals surface area contributed by atoms with Gasteiger partial charge in [0.05, 0.1) is 12.6 Å². The van der Waals surface area contributed by atoms with Crippen molar-refractivity contribution in [2.24, 2.45) is 0 Å². The first-order valence-electron chi connectivity index (χ1n) is 6.92. The first-order chi connectivity index (χ1) is 9.72. The third-order valence-electron chi connectivity index (χ3n) is 3.48. The second kappa shape index (κ2) is 7.09. The number of hydrogen-bond acceptors (Lipinski definition) is 3. The maximum absolute atomic E-state index is 11.7. The van der Waals surface area contributed by atoms with Crippen LogP contribution in [0.2, 0.25) is 0 Å². The van der Waals surface area contributed by atoms with Crippen molar-refractivity contribution in [3.8, 4) is 11.8 Å². The fourth-order valence-corrected chi connectivity index (χ4v) is 2.26. The summed E-state index contributed by atoms with van der Waals surface area (Å²) in [6.45, 7) is 4.28. The van der Waals surface area contributed by atoms with Crippen molar-refractivity contribution in [2.45, 2.75) is 25.9 Å². The van der Waals surface area contributed by atoms with Gasteiger partial charge in [0.1, 0.15) is 0 Å². The van der Waals surface area contributed by atoms with E-state index in [0.29, 0.717) is 13.0 Å². The van der Waals surface area contributed by atoms with E-state index in [1.165, 1.54) is 0 Å². The Hall–Kier alpha value is -1.83. The minimum Gasteiger partial charge on any atom is -0.395 e. The molecule has 2 rings (SSSR count). The summed E-state index contributed by atoms with van der Waals surface area (Å²) in [7, 11) is 0. The summed E-state index contributed by atoms with van der Waals surface area (Å²) in [5.74, 6) is 6.13. The Kier molecular flexibility index (Phi) is 5.16. The highest BCUT2D eigenvalue weighted by Gasteiger charge is 2.25. The summed E-state index contributed by atoms with van der Waals surface area (Å²) in [6, 6.07) is 7.86. The molecule has 106 valence electrons. The smallest absolute Gasteiger partial charge is 0.237 e. The van der Waals surface area contributed by atoms with Gasteiger partial charge < -0.3 is 10.4 Å². The molecule has 1 heterocycles. The van der Waals surface area contributed by atoms with Crippen molar-refractivity contribution in [1.82, 2.24) is 10.2 Å². The molecule has 1 unspecified atom stereocenters. The lowest BCUT2D eigenvalue weighted by Crippen LogP contribution is -2.53. The quantitative estimate of drug-likeness (QED) is 0.798. The molecule has 1 aliphatic rings. The molecule has 1 aromatic rings. The Morgan fingerprint density at radius 3 is 3.05 bits per heavy atom. The molecule has 0 spiro atoms. The molecule has 20 heavy (non-hydrogen) atoms. The van der Waals surface area contributed by atoms with Crippen LogP contribution < -0.4 is 5.32 Å². The molecule has 4 nitrogen and oxygen atoms in total. The van der Waals surface area contributed by atoms with Crippen molar-refractivity contribution < 1.29 is 9.90 Å². The van der Waals surface area contributed by atoms with Crippen LogP contribution in [-0.4, -0.2) is 41.7 Å². The van der Waals surface area contributed by atoms with E-state index in [-0.39, 0.29) is 18.6 Å². The standard InChI is InChI=1S/C16H20N2O2/c1-13-16(20)17-9-10-18(13)12-15-8-3-2-6-14(15)7-4-5-11-19/h2-3,6,8,13,19H,5,9-12H2,1H3,(H,17,20). The number of carbonyl (C=O) groups is 1. The van der Waals surface area contributed by atoms with E-state index >= 15 is 0 Å². The molecule has 1 saturated heterocycles. The van der Waals surface area contributed by atoms with Crippen molar-refractivity contribution in [3.63, 3.8) is 0 Å². The fourth-order valence-electron chi connectivity index (χ4n) is 2.26. The summed E-state index contributed by atoms with van der Waals surface area (Å²) in [4.78, 5) is 13.8. The molecule has 2 N–H and O–H groups in total. The van der Waals surface area contributed by atoms with Crippen LogP contribution in [0.4, 0.5) is 0 Å². The number of benzene rings is 1. The molecule has 4 heteroatoms. The topological polar surface area (TPSA) is 52.6 Å².